The van der Waals surface area contributed by atoms with Gasteiger partial charge in [0, 0.05) is 23.3 Å². The quantitative estimate of drug-likeness (QED) is 0.773. The van der Waals surface area contributed by atoms with Crippen molar-refractivity contribution < 1.29 is 4.79 Å². The summed E-state index contributed by atoms with van der Waals surface area (Å²) in [6.07, 6.45) is 1.64. The minimum atomic E-state index is -0.185. The molecule has 0 spiro atoms. The lowest BCUT2D eigenvalue weighted by atomic mass is 10.1. The highest BCUT2D eigenvalue weighted by Crippen LogP contribution is 2.19. The summed E-state index contributed by atoms with van der Waals surface area (Å²) >= 11 is 0. The van der Waals surface area contributed by atoms with E-state index in [0.717, 1.165) is 16.6 Å². The van der Waals surface area contributed by atoms with Gasteiger partial charge in [0.2, 0.25) is 0 Å². The molecule has 0 unspecified atom stereocenters. The van der Waals surface area contributed by atoms with Crippen molar-refractivity contribution in [1.82, 2.24) is 15.2 Å². The molecule has 0 fully saturated rings. The maximum atomic E-state index is 12.4. The van der Waals surface area contributed by atoms with Crippen molar-refractivity contribution in [2.75, 3.05) is 5.32 Å². The zero-order valence-electron chi connectivity index (χ0n) is 11.9. The maximum Gasteiger partial charge on any atom is 0.257 e. The lowest BCUT2D eigenvalue weighted by Crippen LogP contribution is -2.12. The topological polar surface area (TPSA) is 70.7 Å². The van der Waals surface area contributed by atoms with Gasteiger partial charge >= 0.3 is 0 Å². The standard InChI is InChI=1S/C16H16N4O/c1-10(2)14-9-15(20-19-14)18-16(21)12-7-8-17-13-6-4-3-5-11(12)13/h3-10H,1-2H3,(H2,18,19,20,21). The molecule has 1 aromatic carbocycles. The van der Waals surface area contributed by atoms with Gasteiger partial charge in [0.05, 0.1) is 11.1 Å². The molecule has 2 aromatic heterocycles. The Morgan fingerprint density at radius 3 is 2.81 bits per heavy atom. The predicted molar refractivity (Wildman–Crippen MR) is 82.4 cm³/mol. The first-order valence-electron chi connectivity index (χ1n) is 6.85. The highest BCUT2D eigenvalue weighted by Gasteiger charge is 2.12. The number of H-pyrrole nitrogens is 1. The van der Waals surface area contributed by atoms with Gasteiger partial charge in [-0.05, 0) is 18.1 Å². The van der Waals surface area contributed by atoms with Gasteiger partial charge in [-0.25, -0.2) is 0 Å². The van der Waals surface area contributed by atoms with Gasteiger partial charge in [-0.15, -0.1) is 0 Å². The molecule has 0 aliphatic carbocycles. The second kappa shape index (κ2) is 5.36. The average molecular weight is 280 g/mol. The highest BCUT2D eigenvalue weighted by molar-refractivity contribution is 6.11. The third kappa shape index (κ3) is 2.63. The van der Waals surface area contributed by atoms with Crippen LogP contribution in [0.4, 0.5) is 5.82 Å². The van der Waals surface area contributed by atoms with E-state index < -0.39 is 0 Å². The van der Waals surface area contributed by atoms with Crippen molar-refractivity contribution in [2.45, 2.75) is 19.8 Å². The first-order valence-corrected chi connectivity index (χ1v) is 6.85. The number of benzene rings is 1. The van der Waals surface area contributed by atoms with Crippen LogP contribution in [0.1, 0.15) is 35.8 Å². The molecule has 0 aliphatic heterocycles. The number of carbonyl (C=O) groups is 1. The number of nitrogens with one attached hydrogen (secondary N) is 2. The third-order valence-electron chi connectivity index (χ3n) is 3.35. The number of carbonyl (C=O) groups excluding carboxylic acids is 1. The summed E-state index contributed by atoms with van der Waals surface area (Å²) in [5.41, 5.74) is 2.38. The Morgan fingerprint density at radius 2 is 2.05 bits per heavy atom. The van der Waals surface area contributed by atoms with Gasteiger partial charge in [0.1, 0.15) is 0 Å². The molecule has 1 amide bonds. The van der Waals surface area contributed by atoms with Crippen molar-refractivity contribution in [3.63, 3.8) is 0 Å². The molecule has 2 N–H and O–H groups in total. The van der Waals surface area contributed by atoms with Crippen LogP contribution in [0.15, 0.2) is 42.6 Å². The number of para-hydroxylation sites is 1. The summed E-state index contributed by atoms with van der Waals surface area (Å²) in [6.45, 7) is 4.13. The Balaban J connectivity index is 1.90. The Morgan fingerprint density at radius 1 is 1.24 bits per heavy atom. The van der Waals surface area contributed by atoms with E-state index in [2.05, 4.69) is 34.3 Å². The second-order valence-corrected chi connectivity index (χ2v) is 5.19. The van der Waals surface area contributed by atoms with Crippen LogP contribution in [-0.4, -0.2) is 21.1 Å². The summed E-state index contributed by atoms with van der Waals surface area (Å²) in [5, 5.41) is 10.7. The Kier molecular flexibility index (Phi) is 3.39. The highest BCUT2D eigenvalue weighted by atomic mass is 16.1. The zero-order valence-corrected chi connectivity index (χ0v) is 11.9. The first-order chi connectivity index (χ1) is 10.1. The Hall–Kier alpha value is -2.69. The maximum absolute atomic E-state index is 12.4. The fourth-order valence-electron chi connectivity index (χ4n) is 2.17. The van der Waals surface area contributed by atoms with Crippen molar-refractivity contribution in [3.8, 4) is 0 Å². The first kappa shape index (κ1) is 13.3. The van der Waals surface area contributed by atoms with Crippen LogP contribution in [-0.2, 0) is 0 Å². The molecule has 0 bridgehead atoms. The fraction of sp³-hybridized carbons (Fsp3) is 0.188. The van der Waals surface area contributed by atoms with Gasteiger partial charge in [-0.1, -0.05) is 32.0 Å². The van der Waals surface area contributed by atoms with Gasteiger partial charge in [-0.3, -0.25) is 14.9 Å². The number of hydrogen-bond acceptors (Lipinski definition) is 3. The molecule has 21 heavy (non-hydrogen) atoms. The molecule has 3 aromatic rings. The molecule has 0 atom stereocenters. The summed E-state index contributed by atoms with van der Waals surface area (Å²) in [5.74, 6) is 0.685. The number of rotatable bonds is 3. The van der Waals surface area contributed by atoms with Crippen molar-refractivity contribution in [1.29, 1.82) is 0 Å². The lowest BCUT2D eigenvalue weighted by Gasteiger charge is -2.05. The third-order valence-corrected chi connectivity index (χ3v) is 3.35. The van der Waals surface area contributed by atoms with Crippen molar-refractivity contribution >= 4 is 22.6 Å². The van der Waals surface area contributed by atoms with Crippen molar-refractivity contribution in [3.05, 3.63) is 53.9 Å². The minimum absolute atomic E-state index is 0.185. The molecule has 0 saturated heterocycles. The monoisotopic (exact) mass is 280 g/mol. The lowest BCUT2D eigenvalue weighted by molar-refractivity contribution is 0.102. The summed E-state index contributed by atoms with van der Waals surface area (Å²) < 4.78 is 0. The summed E-state index contributed by atoms with van der Waals surface area (Å²) in [7, 11) is 0. The van der Waals surface area contributed by atoms with Gasteiger partial charge in [0.15, 0.2) is 5.82 Å². The number of aromatic nitrogens is 3. The van der Waals surface area contributed by atoms with Crippen LogP contribution in [0.25, 0.3) is 10.9 Å². The van der Waals surface area contributed by atoms with E-state index in [1.807, 2.05) is 30.3 Å². The normalized spacial score (nSPS) is 11.0. The number of anilines is 1. The molecule has 2 heterocycles. The van der Waals surface area contributed by atoms with Crippen LogP contribution in [0.2, 0.25) is 0 Å². The van der Waals surface area contributed by atoms with Crippen LogP contribution in [0, 0.1) is 0 Å². The number of pyridine rings is 1. The zero-order chi connectivity index (χ0) is 14.8. The predicted octanol–water partition coefficient (Wildman–Crippen LogP) is 3.33. The summed E-state index contributed by atoms with van der Waals surface area (Å²) in [6, 6.07) is 11.1. The van der Waals surface area contributed by atoms with E-state index in [9.17, 15) is 4.79 Å². The molecule has 0 aliphatic rings. The largest absolute Gasteiger partial charge is 0.305 e. The molecule has 5 heteroatoms. The average Bonchev–Trinajstić information content (AvgIpc) is 2.95. The van der Waals surface area contributed by atoms with E-state index in [1.54, 1.807) is 12.3 Å². The Bertz CT molecular complexity index is 786. The number of aromatic amines is 1. The molecule has 0 saturated carbocycles. The SMILES string of the molecule is CC(C)c1cc(NC(=O)c2ccnc3ccccc23)n[nH]1. The second-order valence-electron chi connectivity index (χ2n) is 5.19. The molecular formula is C16H16N4O. The van der Waals surface area contributed by atoms with E-state index >= 15 is 0 Å². The summed E-state index contributed by atoms with van der Waals surface area (Å²) in [4.78, 5) is 16.7. The van der Waals surface area contributed by atoms with E-state index in [1.165, 1.54) is 0 Å². The Labute approximate surface area is 122 Å². The molecular weight excluding hydrogens is 264 g/mol. The smallest absolute Gasteiger partial charge is 0.257 e. The number of amides is 1. The van der Waals surface area contributed by atoms with Gasteiger partial charge < -0.3 is 5.32 Å². The number of fused-ring (bicyclic) bond motifs is 1. The minimum Gasteiger partial charge on any atom is -0.305 e. The molecule has 5 nitrogen and oxygen atoms in total. The molecule has 0 radical (unpaired) electrons. The van der Waals surface area contributed by atoms with Crippen LogP contribution in [0.5, 0.6) is 0 Å². The van der Waals surface area contributed by atoms with Crippen LogP contribution in [0.3, 0.4) is 0 Å². The fourth-order valence-corrected chi connectivity index (χ4v) is 2.17. The van der Waals surface area contributed by atoms with Crippen LogP contribution < -0.4 is 5.32 Å². The molecule has 3 rings (SSSR count). The number of hydrogen-bond donors (Lipinski definition) is 2. The van der Waals surface area contributed by atoms with Crippen molar-refractivity contribution in [2.24, 2.45) is 0 Å². The van der Waals surface area contributed by atoms with Crippen LogP contribution >= 0.6 is 0 Å². The van der Waals surface area contributed by atoms with E-state index in [0.29, 0.717) is 17.3 Å². The molecule has 106 valence electrons. The van der Waals surface area contributed by atoms with E-state index in [-0.39, 0.29) is 5.91 Å². The number of nitrogens with zero attached hydrogens (tertiary/aromatic N) is 2. The van der Waals surface area contributed by atoms with Gasteiger partial charge in [0.25, 0.3) is 5.91 Å². The van der Waals surface area contributed by atoms with Gasteiger partial charge in [-0.2, -0.15) is 5.10 Å². The van der Waals surface area contributed by atoms with E-state index in [4.69, 9.17) is 0 Å².